The molecule has 1 aromatic heterocycles. The van der Waals surface area contributed by atoms with Crippen LogP contribution in [0.2, 0.25) is 0 Å². The number of esters is 1. The van der Waals surface area contributed by atoms with Crippen LogP contribution in [0.15, 0.2) is 47.2 Å². The molecule has 0 unspecified atom stereocenters. The smallest absolute Gasteiger partial charge is 0.387 e. The summed E-state index contributed by atoms with van der Waals surface area (Å²) in [6.45, 7) is -3.02. The van der Waals surface area contributed by atoms with Gasteiger partial charge in [0.25, 0.3) is 0 Å². The van der Waals surface area contributed by atoms with Crippen molar-refractivity contribution < 1.29 is 27.8 Å². The van der Waals surface area contributed by atoms with Crippen LogP contribution in [-0.4, -0.2) is 24.7 Å². The number of pyridine rings is 1. The molecule has 0 N–H and O–H groups in total. The fraction of sp³-hybridized carbons (Fsp3) is 0.125. The largest absolute Gasteiger partial charge is 0.493 e. The fourth-order valence-electron chi connectivity index (χ4n) is 1.79. The zero-order chi connectivity index (χ0) is 17.5. The van der Waals surface area contributed by atoms with Gasteiger partial charge in [-0.2, -0.15) is 8.78 Å². The first-order chi connectivity index (χ1) is 11.5. The lowest BCUT2D eigenvalue weighted by atomic mass is 10.1. The first-order valence-corrected chi connectivity index (χ1v) is 7.42. The van der Waals surface area contributed by atoms with E-state index in [1.165, 1.54) is 31.5 Å². The van der Waals surface area contributed by atoms with E-state index < -0.39 is 12.6 Å². The number of nitrogens with zero attached hydrogens (tertiary/aromatic N) is 1. The normalized spacial score (nSPS) is 10.9. The lowest BCUT2D eigenvalue weighted by Crippen LogP contribution is -2.06. The third-order valence-electron chi connectivity index (χ3n) is 2.77. The van der Waals surface area contributed by atoms with Gasteiger partial charge in [-0.1, -0.05) is 12.1 Å². The van der Waals surface area contributed by atoms with E-state index >= 15 is 0 Å². The molecule has 126 valence electrons. The number of ether oxygens (including phenoxy) is 3. The van der Waals surface area contributed by atoms with E-state index in [0.29, 0.717) is 4.60 Å². The van der Waals surface area contributed by atoms with Crippen LogP contribution in [0.4, 0.5) is 8.78 Å². The third kappa shape index (κ3) is 4.76. The van der Waals surface area contributed by atoms with E-state index in [2.05, 4.69) is 25.7 Å². The molecule has 2 rings (SSSR count). The molecule has 0 atom stereocenters. The minimum atomic E-state index is -3.02. The lowest BCUT2D eigenvalue weighted by molar-refractivity contribution is -0.128. The Morgan fingerprint density at radius 3 is 2.67 bits per heavy atom. The maximum atomic E-state index is 12.5. The van der Waals surface area contributed by atoms with E-state index in [1.54, 1.807) is 18.2 Å². The van der Waals surface area contributed by atoms with Crippen molar-refractivity contribution in [3.63, 3.8) is 0 Å². The Hall–Kier alpha value is -2.48. The third-order valence-corrected chi connectivity index (χ3v) is 3.37. The molecule has 0 aliphatic rings. The van der Waals surface area contributed by atoms with Crippen molar-refractivity contribution in [1.29, 1.82) is 0 Å². The number of carbonyl (C=O) groups excluding carboxylic acids is 1. The number of alkyl halides is 2. The number of halogens is 3. The molecule has 0 bridgehead atoms. The number of rotatable bonds is 6. The standard InChI is InChI=1S/C16H12BrF2NO4/c1-22-11-5-2-4-10(14(11)24-16(18)19)7-8-13(21)23-12-6-3-9-20-15(12)17/h2-9,16H,1H3/b8-7+. The highest BCUT2D eigenvalue weighted by atomic mass is 79.9. The zero-order valence-corrected chi connectivity index (χ0v) is 14.0. The van der Waals surface area contributed by atoms with Gasteiger partial charge in [0.1, 0.15) is 4.60 Å². The first kappa shape index (κ1) is 17.9. The molecule has 0 fully saturated rings. The van der Waals surface area contributed by atoms with Crippen molar-refractivity contribution >= 4 is 28.0 Å². The molecule has 0 saturated carbocycles. The summed E-state index contributed by atoms with van der Waals surface area (Å²) in [5, 5.41) is 0. The van der Waals surface area contributed by atoms with Crippen molar-refractivity contribution in [3.05, 3.63) is 52.8 Å². The summed E-state index contributed by atoms with van der Waals surface area (Å²) in [6, 6.07) is 7.72. The van der Waals surface area contributed by atoms with Crippen LogP contribution in [-0.2, 0) is 4.79 Å². The molecule has 5 nitrogen and oxygen atoms in total. The Bertz CT molecular complexity index is 753. The average molecular weight is 400 g/mol. The molecular formula is C16H12BrF2NO4. The molecule has 8 heteroatoms. The molecule has 1 aromatic carbocycles. The average Bonchev–Trinajstić information content (AvgIpc) is 2.55. The van der Waals surface area contributed by atoms with Crippen LogP contribution in [0.1, 0.15) is 5.56 Å². The molecule has 0 amide bonds. The van der Waals surface area contributed by atoms with Gasteiger partial charge >= 0.3 is 12.6 Å². The molecule has 1 heterocycles. The molecule has 0 aliphatic carbocycles. The Labute approximate surface area is 145 Å². The van der Waals surface area contributed by atoms with Gasteiger partial charge in [-0.3, -0.25) is 0 Å². The number of benzene rings is 1. The molecule has 2 aromatic rings. The molecular weight excluding hydrogens is 388 g/mol. The maximum Gasteiger partial charge on any atom is 0.387 e. The topological polar surface area (TPSA) is 57.7 Å². The highest BCUT2D eigenvalue weighted by molar-refractivity contribution is 9.10. The highest BCUT2D eigenvalue weighted by Gasteiger charge is 2.14. The van der Waals surface area contributed by atoms with Gasteiger partial charge in [-0.05, 0) is 40.2 Å². The summed E-state index contributed by atoms with van der Waals surface area (Å²) in [5.41, 5.74) is 0.247. The summed E-state index contributed by atoms with van der Waals surface area (Å²) < 4.78 is 40.0. The number of carbonyl (C=O) groups is 1. The Balaban J connectivity index is 2.19. The second kappa shape index (κ2) is 8.39. The van der Waals surface area contributed by atoms with E-state index in [4.69, 9.17) is 9.47 Å². The minimum Gasteiger partial charge on any atom is -0.493 e. The van der Waals surface area contributed by atoms with E-state index in [9.17, 15) is 13.6 Å². The number of hydrogen-bond donors (Lipinski definition) is 0. The van der Waals surface area contributed by atoms with Gasteiger partial charge in [-0.25, -0.2) is 9.78 Å². The minimum absolute atomic E-state index is 0.126. The Morgan fingerprint density at radius 1 is 1.25 bits per heavy atom. The quantitative estimate of drug-likeness (QED) is 0.416. The van der Waals surface area contributed by atoms with Crippen molar-refractivity contribution in [2.45, 2.75) is 6.61 Å². The number of para-hydroxylation sites is 1. The Morgan fingerprint density at radius 2 is 2.00 bits per heavy atom. The van der Waals surface area contributed by atoms with Crippen LogP contribution >= 0.6 is 15.9 Å². The van der Waals surface area contributed by atoms with Crippen LogP contribution in [0, 0.1) is 0 Å². The van der Waals surface area contributed by atoms with E-state index in [-0.39, 0.29) is 22.8 Å². The first-order valence-electron chi connectivity index (χ1n) is 6.63. The summed E-state index contributed by atoms with van der Waals surface area (Å²) in [7, 11) is 1.33. The molecule has 0 saturated heterocycles. The predicted octanol–water partition coefficient (Wildman–Crippen LogP) is 4.07. The van der Waals surface area contributed by atoms with Gasteiger partial charge in [0.15, 0.2) is 17.2 Å². The maximum absolute atomic E-state index is 12.5. The molecule has 0 aliphatic heterocycles. The lowest BCUT2D eigenvalue weighted by Gasteiger charge is -2.12. The van der Waals surface area contributed by atoms with Crippen molar-refractivity contribution in [2.75, 3.05) is 7.11 Å². The van der Waals surface area contributed by atoms with Crippen molar-refractivity contribution in [1.82, 2.24) is 4.98 Å². The second-order valence-electron chi connectivity index (χ2n) is 4.30. The van der Waals surface area contributed by atoms with Gasteiger partial charge in [0.2, 0.25) is 0 Å². The number of aromatic nitrogens is 1. The van der Waals surface area contributed by atoms with Crippen molar-refractivity contribution in [3.8, 4) is 17.2 Å². The van der Waals surface area contributed by atoms with Crippen LogP contribution < -0.4 is 14.2 Å². The predicted molar refractivity (Wildman–Crippen MR) is 86.2 cm³/mol. The van der Waals surface area contributed by atoms with Crippen LogP contribution in [0.5, 0.6) is 17.2 Å². The summed E-state index contributed by atoms with van der Waals surface area (Å²) in [6.07, 6.45) is 3.92. The van der Waals surface area contributed by atoms with Crippen molar-refractivity contribution in [2.24, 2.45) is 0 Å². The highest BCUT2D eigenvalue weighted by Crippen LogP contribution is 2.33. The molecule has 24 heavy (non-hydrogen) atoms. The fourth-order valence-corrected chi connectivity index (χ4v) is 2.12. The SMILES string of the molecule is COc1cccc(/C=C/C(=O)Oc2cccnc2Br)c1OC(F)F. The summed E-state index contributed by atoms with van der Waals surface area (Å²) in [5.74, 6) is -0.501. The second-order valence-corrected chi connectivity index (χ2v) is 5.06. The van der Waals surface area contributed by atoms with E-state index in [1.807, 2.05) is 0 Å². The van der Waals surface area contributed by atoms with Crippen LogP contribution in [0.25, 0.3) is 6.08 Å². The van der Waals surface area contributed by atoms with Crippen LogP contribution in [0.3, 0.4) is 0 Å². The summed E-state index contributed by atoms with van der Waals surface area (Å²) >= 11 is 3.15. The molecule has 0 radical (unpaired) electrons. The Kier molecular flexibility index (Phi) is 6.25. The number of methoxy groups -OCH3 is 1. The van der Waals surface area contributed by atoms with Gasteiger partial charge in [-0.15, -0.1) is 0 Å². The molecule has 0 spiro atoms. The number of hydrogen-bond acceptors (Lipinski definition) is 5. The van der Waals surface area contributed by atoms with Gasteiger partial charge in [0.05, 0.1) is 7.11 Å². The van der Waals surface area contributed by atoms with Gasteiger partial charge in [0, 0.05) is 17.8 Å². The summed E-state index contributed by atoms with van der Waals surface area (Å²) in [4.78, 5) is 15.8. The monoisotopic (exact) mass is 399 g/mol. The van der Waals surface area contributed by atoms with Gasteiger partial charge < -0.3 is 14.2 Å². The zero-order valence-electron chi connectivity index (χ0n) is 12.4. The van der Waals surface area contributed by atoms with E-state index in [0.717, 1.165) is 6.08 Å².